The maximum atomic E-state index is 12.0. The molecule has 0 radical (unpaired) electrons. The number of hydrogen-bond donors (Lipinski definition) is 0. The van der Waals surface area contributed by atoms with Crippen molar-refractivity contribution in [2.75, 3.05) is 0 Å². The molecule has 17 heavy (non-hydrogen) atoms. The van der Waals surface area contributed by atoms with Gasteiger partial charge in [0.1, 0.15) is 12.2 Å². The van der Waals surface area contributed by atoms with Crippen molar-refractivity contribution in [3.05, 3.63) is 35.8 Å². The van der Waals surface area contributed by atoms with Gasteiger partial charge in [0.25, 0.3) is 0 Å². The molecular weight excluding hydrogens is 218 g/mol. The predicted octanol–water partition coefficient (Wildman–Crippen LogP) is 2.01. The Balaban J connectivity index is 2.13. The third-order valence-electron chi connectivity index (χ3n) is 2.57. The Labute approximate surface area is 99.5 Å². The van der Waals surface area contributed by atoms with E-state index in [1.54, 1.807) is 10.7 Å². The van der Waals surface area contributed by atoms with Crippen LogP contribution in [0.2, 0.25) is 0 Å². The van der Waals surface area contributed by atoms with E-state index in [9.17, 15) is 4.79 Å². The van der Waals surface area contributed by atoms with Crippen molar-refractivity contribution in [1.82, 2.24) is 14.8 Å². The molecule has 0 amide bonds. The van der Waals surface area contributed by atoms with E-state index in [-0.39, 0.29) is 12.2 Å². The van der Waals surface area contributed by atoms with Gasteiger partial charge in [-0.15, -0.1) is 0 Å². The van der Waals surface area contributed by atoms with Crippen LogP contribution in [0.1, 0.15) is 35.3 Å². The van der Waals surface area contributed by atoms with Crippen LogP contribution in [0.3, 0.4) is 0 Å². The molecule has 0 aliphatic heterocycles. The second kappa shape index (κ2) is 4.95. The number of hydrogen-bond acceptors (Lipinski definition) is 4. The Morgan fingerprint density at radius 2 is 2.35 bits per heavy atom. The highest BCUT2D eigenvalue weighted by Crippen LogP contribution is 2.12. The lowest BCUT2D eigenvalue weighted by Crippen LogP contribution is -2.11. The van der Waals surface area contributed by atoms with Crippen molar-refractivity contribution in [3.63, 3.8) is 0 Å². The van der Waals surface area contributed by atoms with Gasteiger partial charge in [-0.1, -0.05) is 6.92 Å². The zero-order valence-electron chi connectivity index (χ0n) is 10.0. The molecule has 5 heteroatoms. The second-order valence-electron chi connectivity index (χ2n) is 3.93. The first-order valence-corrected chi connectivity index (χ1v) is 5.66. The summed E-state index contributed by atoms with van der Waals surface area (Å²) in [5, 5.41) is 4.09. The summed E-state index contributed by atoms with van der Waals surface area (Å²) in [6.45, 7) is 4.69. The van der Waals surface area contributed by atoms with Gasteiger partial charge in [-0.3, -0.25) is 4.79 Å². The van der Waals surface area contributed by atoms with Gasteiger partial charge >= 0.3 is 0 Å². The molecule has 0 saturated heterocycles. The van der Waals surface area contributed by atoms with Gasteiger partial charge in [-0.05, 0) is 25.0 Å². The molecule has 0 bridgehead atoms. The summed E-state index contributed by atoms with van der Waals surface area (Å²) in [6.07, 6.45) is 4.20. The summed E-state index contributed by atoms with van der Waals surface area (Å²) < 4.78 is 6.93. The SMILES string of the molecule is CCCn1ncnc1CC(=O)c1occc1C. The molecule has 0 aliphatic carbocycles. The van der Waals surface area contributed by atoms with Gasteiger partial charge in [-0.2, -0.15) is 5.10 Å². The topological polar surface area (TPSA) is 60.9 Å². The van der Waals surface area contributed by atoms with E-state index >= 15 is 0 Å². The van der Waals surface area contributed by atoms with Gasteiger partial charge in [0.2, 0.25) is 5.78 Å². The molecule has 5 nitrogen and oxygen atoms in total. The zero-order chi connectivity index (χ0) is 12.3. The third kappa shape index (κ3) is 2.43. The summed E-state index contributed by atoms with van der Waals surface area (Å²) in [5.74, 6) is 1.04. The minimum atomic E-state index is -0.0575. The highest BCUT2D eigenvalue weighted by Gasteiger charge is 2.16. The van der Waals surface area contributed by atoms with Gasteiger partial charge in [-0.25, -0.2) is 9.67 Å². The molecule has 2 heterocycles. The predicted molar refractivity (Wildman–Crippen MR) is 61.8 cm³/mol. The fourth-order valence-electron chi connectivity index (χ4n) is 1.71. The van der Waals surface area contributed by atoms with Crippen molar-refractivity contribution >= 4 is 5.78 Å². The maximum absolute atomic E-state index is 12.0. The number of rotatable bonds is 5. The quantitative estimate of drug-likeness (QED) is 0.741. The number of aromatic nitrogens is 3. The minimum absolute atomic E-state index is 0.0575. The van der Waals surface area contributed by atoms with Crippen molar-refractivity contribution in [2.24, 2.45) is 0 Å². The van der Waals surface area contributed by atoms with E-state index in [0.717, 1.165) is 18.5 Å². The Kier molecular flexibility index (Phi) is 3.37. The van der Waals surface area contributed by atoms with Crippen molar-refractivity contribution in [1.29, 1.82) is 0 Å². The average molecular weight is 233 g/mol. The molecule has 0 N–H and O–H groups in total. The molecule has 0 aliphatic rings. The van der Waals surface area contributed by atoms with Crippen LogP contribution < -0.4 is 0 Å². The van der Waals surface area contributed by atoms with Gasteiger partial charge < -0.3 is 4.42 Å². The first-order chi connectivity index (χ1) is 8.22. The number of carbonyl (C=O) groups excluding carboxylic acids is 1. The summed E-state index contributed by atoms with van der Waals surface area (Å²) in [6, 6.07) is 1.78. The number of nitrogens with zero attached hydrogens (tertiary/aromatic N) is 3. The number of carbonyl (C=O) groups is 1. The normalized spacial score (nSPS) is 10.7. The van der Waals surface area contributed by atoms with Gasteiger partial charge in [0, 0.05) is 6.54 Å². The first-order valence-electron chi connectivity index (χ1n) is 5.66. The smallest absolute Gasteiger partial charge is 0.205 e. The van der Waals surface area contributed by atoms with Crippen LogP contribution in [0.25, 0.3) is 0 Å². The molecule has 2 rings (SSSR count). The highest BCUT2D eigenvalue weighted by molar-refractivity contribution is 5.95. The first kappa shape index (κ1) is 11.6. The van der Waals surface area contributed by atoms with Crippen LogP contribution in [0, 0.1) is 6.92 Å². The van der Waals surface area contributed by atoms with Crippen molar-refractivity contribution in [2.45, 2.75) is 33.2 Å². The third-order valence-corrected chi connectivity index (χ3v) is 2.57. The molecule has 0 saturated carbocycles. The summed E-state index contributed by atoms with van der Waals surface area (Å²) >= 11 is 0. The Bertz CT molecular complexity index is 513. The summed E-state index contributed by atoms with van der Waals surface area (Å²) in [5.41, 5.74) is 0.858. The van der Waals surface area contributed by atoms with Crippen LogP contribution in [0.4, 0.5) is 0 Å². The van der Waals surface area contributed by atoms with E-state index in [0.29, 0.717) is 11.6 Å². The standard InChI is InChI=1S/C12H15N3O2/c1-3-5-15-11(13-8-14-15)7-10(16)12-9(2)4-6-17-12/h4,6,8H,3,5,7H2,1-2H3. The Morgan fingerprint density at radius 3 is 3.00 bits per heavy atom. The zero-order valence-corrected chi connectivity index (χ0v) is 10.0. The summed E-state index contributed by atoms with van der Waals surface area (Å²) in [7, 11) is 0. The second-order valence-corrected chi connectivity index (χ2v) is 3.93. The average Bonchev–Trinajstić information content (AvgIpc) is 2.89. The fraction of sp³-hybridized carbons (Fsp3) is 0.417. The molecule has 0 fully saturated rings. The molecule has 90 valence electrons. The van der Waals surface area contributed by atoms with E-state index in [1.165, 1.54) is 12.6 Å². The Morgan fingerprint density at radius 1 is 1.53 bits per heavy atom. The molecule has 2 aromatic heterocycles. The number of Topliss-reactive ketones (excluding diaryl/α,β-unsaturated/α-hetero) is 1. The number of aryl methyl sites for hydroxylation is 2. The molecule has 0 aromatic carbocycles. The molecule has 2 aromatic rings. The minimum Gasteiger partial charge on any atom is -0.461 e. The summed E-state index contributed by atoms with van der Waals surface area (Å²) in [4.78, 5) is 16.1. The largest absolute Gasteiger partial charge is 0.461 e. The van der Waals surface area contributed by atoms with Gasteiger partial charge in [0.15, 0.2) is 5.76 Å². The van der Waals surface area contributed by atoms with Crippen LogP contribution in [-0.4, -0.2) is 20.5 Å². The number of ketones is 1. The van der Waals surface area contributed by atoms with Crippen molar-refractivity contribution in [3.8, 4) is 0 Å². The van der Waals surface area contributed by atoms with Crippen LogP contribution in [0.15, 0.2) is 23.1 Å². The van der Waals surface area contributed by atoms with Crippen molar-refractivity contribution < 1.29 is 9.21 Å². The number of furan rings is 1. The molecule has 0 atom stereocenters. The molecular formula is C12H15N3O2. The van der Waals surface area contributed by atoms with Crippen LogP contribution >= 0.6 is 0 Å². The lowest BCUT2D eigenvalue weighted by atomic mass is 10.1. The monoisotopic (exact) mass is 233 g/mol. The highest BCUT2D eigenvalue weighted by atomic mass is 16.3. The van der Waals surface area contributed by atoms with Crippen LogP contribution in [0.5, 0.6) is 0 Å². The van der Waals surface area contributed by atoms with E-state index in [4.69, 9.17) is 4.42 Å². The van der Waals surface area contributed by atoms with Gasteiger partial charge in [0.05, 0.1) is 12.7 Å². The van der Waals surface area contributed by atoms with E-state index in [1.807, 2.05) is 6.92 Å². The van der Waals surface area contributed by atoms with Crippen LogP contribution in [-0.2, 0) is 13.0 Å². The lowest BCUT2D eigenvalue weighted by molar-refractivity contribution is 0.0962. The van der Waals surface area contributed by atoms with E-state index in [2.05, 4.69) is 17.0 Å². The molecule has 0 spiro atoms. The maximum Gasteiger partial charge on any atom is 0.205 e. The van der Waals surface area contributed by atoms with E-state index < -0.39 is 0 Å². The molecule has 0 unspecified atom stereocenters. The fourth-order valence-corrected chi connectivity index (χ4v) is 1.71. The lowest BCUT2D eigenvalue weighted by Gasteiger charge is -2.03. The Hall–Kier alpha value is -1.91.